The van der Waals surface area contributed by atoms with E-state index in [1.165, 1.54) is 39.9 Å². The van der Waals surface area contributed by atoms with Crippen molar-refractivity contribution in [3.8, 4) is 0 Å². The van der Waals surface area contributed by atoms with Gasteiger partial charge < -0.3 is 5.32 Å². The number of unbranched alkanes of at least 4 members (excludes halogenated alkanes) is 1. The second kappa shape index (κ2) is 6.95. The van der Waals surface area contributed by atoms with Crippen LogP contribution >= 0.6 is 27.3 Å². The van der Waals surface area contributed by atoms with E-state index in [0.29, 0.717) is 0 Å². The summed E-state index contributed by atoms with van der Waals surface area (Å²) in [5.41, 5.74) is 3.94. The van der Waals surface area contributed by atoms with Gasteiger partial charge in [0, 0.05) is 12.2 Å². The molecule has 2 rings (SSSR count). The summed E-state index contributed by atoms with van der Waals surface area (Å²) in [5, 5.41) is 5.62. The quantitative estimate of drug-likeness (QED) is 0.743. The summed E-state index contributed by atoms with van der Waals surface area (Å²) in [6.45, 7) is 3.12. The van der Waals surface area contributed by atoms with Gasteiger partial charge in [-0.2, -0.15) is 0 Å². The summed E-state index contributed by atoms with van der Waals surface area (Å²) in [7, 11) is 0. The molecule has 1 nitrogen and oxygen atoms in total. The molecule has 18 heavy (non-hydrogen) atoms. The highest BCUT2D eigenvalue weighted by Gasteiger charge is 1.98. The van der Waals surface area contributed by atoms with E-state index in [4.69, 9.17) is 0 Å². The Morgan fingerprint density at radius 3 is 2.56 bits per heavy atom. The Hall–Kier alpha value is -0.800. The van der Waals surface area contributed by atoms with Gasteiger partial charge in [0.2, 0.25) is 0 Å². The topological polar surface area (TPSA) is 12.0 Å². The smallest absolute Gasteiger partial charge is 0.0701 e. The van der Waals surface area contributed by atoms with Crippen LogP contribution in [-0.2, 0) is 13.0 Å². The zero-order valence-electron chi connectivity index (χ0n) is 10.6. The second-order valence-electron chi connectivity index (χ2n) is 4.41. The number of aryl methyl sites for hydroxylation is 1. The molecule has 96 valence electrons. The third-order valence-corrected chi connectivity index (χ3v) is 4.44. The van der Waals surface area contributed by atoms with Gasteiger partial charge in [-0.15, -0.1) is 11.3 Å². The van der Waals surface area contributed by atoms with Gasteiger partial charge >= 0.3 is 0 Å². The molecule has 0 amide bonds. The number of hydrogen-bond donors (Lipinski definition) is 1. The predicted octanol–water partition coefficient (Wildman–Crippen LogP) is 5.47. The third-order valence-electron chi connectivity index (χ3n) is 2.89. The Morgan fingerprint density at radius 2 is 1.94 bits per heavy atom. The summed E-state index contributed by atoms with van der Waals surface area (Å²) in [6, 6.07) is 11.0. The van der Waals surface area contributed by atoms with Crippen LogP contribution in [0.15, 0.2) is 39.5 Å². The lowest BCUT2D eigenvalue weighted by Crippen LogP contribution is -1.98. The molecule has 1 heterocycles. The molecule has 1 N–H and O–H groups in total. The molecule has 0 spiro atoms. The van der Waals surface area contributed by atoms with Gasteiger partial charge in [-0.05, 0) is 63.5 Å². The molecule has 1 aromatic heterocycles. The van der Waals surface area contributed by atoms with Gasteiger partial charge in [-0.3, -0.25) is 0 Å². The highest BCUT2D eigenvalue weighted by Crippen LogP contribution is 2.21. The summed E-state index contributed by atoms with van der Waals surface area (Å²) in [6.07, 6.45) is 3.72. The fourth-order valence-corrected chi connectivity index (χ4v) is 3.02. The maximum atomic E-state index is 3.48. The lowest BCUT2D eigenvalue weighted by molar-refractivity contribution is 0.795. The van der Waals surface area contributed by atoms with E-state index >= 15 is 0 Å². The largest absolute Gasteiger partial charge is 0.381 e. The van der Waals surface area contributed by atoms with Gasteiger partial charge in [0.15, 0.2) is 0 Å². The van der Waals surface area contributed by atoms with Gasteiger partial charge in [0.05, 0.1) is 3.79 Å². The molecule has 0 aliphatic rings. The standard InChI is InChI=1S/C15H18BrNS/c1-2-3-4-12-5-7-14(8-6-12)17-10-13-9-15(16)18-11-13/h5-9,11,17H,2-4,10H2,1H3. The second-order valence-corrected chi connectivity index (χ2v) is 6.70. The number of benzene rings is 1. The highest BCUT2D eigenvalue weighted by atomic mass is 79.9. The Bertz CT molecular complexity index is 475. The fourth-order valence-electron chi connectivity index (χ4n) is 1.81. The van der Waals surface area contributed by atoms with Crippen LogP contribution in [0.3, 0.4) is 0 Å². The van der Waals surface area contributed by atoms with Crippen LogP contribution < -0.4 is 5.32 Å². The van der Waals surface area contributed by atoms with Crippen LogP contribution in [0.1, 0.15) is 30.9 Å². The first-order valence-corrected chi connectivity index (χ1v) is 8.01. The van der Waals surface area contributed by atoms with Gasteiger partial charge in [-0.25, -0.2) is 0 Å². The van der Waals surface area contributed by atoms with Crippen molar-refractivity contribution < 1.29 is 0 Å². The molecule has 0 fully saturated rings. The van der Waals surface area contributed by atoms with Gasteiger partial charge in [0.25, 0.3) is 0 Å². The minimum Gasteiger partial charge on any atom is -0.381 e. The zero-order valence-corrected chi connectivity index (χ0v) is 13.0. The highest BCUT2D eigenvalue weighted by molar-refractivity contribution is 9.11. The summed E-state index contributed by atoms with van der Waals surface area (Å²) in [5.74, 6) is 0. The SMILES string of the molecule is CCCCc1ccc(NCc2csc(Br)c2)cc1. The van der Waals surface area contributed by atoms with Crippen molar-refractivity contribution in [2.45, 2.75) is 32.7 Å². The molecule has 0 bridgehead atoms. The van der Waals surface area contributed by atoms with Crippen LogP contribution in [0.4, 0.5) is 5.69 Å². The van der Waals surface area contributed by atoms with E-state index in [1.807, 2.05) is 0 Å². The first-order valence-electron chi connectivity index (χ1n) is 6.33. The van der Waals surface area contributed by atoms with Crippen molar-refractivity contribution in [3.05, 3.63) is 50.6 Å². The minimum absolute atomic E-state index is 0.885. The molecule has 0 atom stereocenters. The van der Waals surface area contributed by atoms with Crippen LogP contribution in [0.25, 0.3) is 0 Å². The van der Waals surface area contributed by atoms with E-state index in [2.05, 4.69) is 63.9 Å². The van der Waals surface area contributed by atoms with Crippen LogP contribution in [0, 0.1) is 0 Å². The van der Waals surface area contributed by atoms with Crippen molar-refractivity contribution in [1.82, 2.24) is 0 Å². The first-order chi connectivity index (χ1) is 8.78. The maximum Gasteiger partial charge on any atom is 0.0701 e. The molecular weight excluding hydrogens is 306 g/mol. The zero-order chi connectivity index (χ0) is 12.8. The predicted molar refractivity (Wildman–Crippen MR) is 84.4 cm³/mol. The molecule has 0 aliphatic heterocycles. The third kappa shape index (κ3) is 4.14. The summed E-state index contributed by atoms with van der Waals surface area (Å²) < 4.78 is 1.19. The molecule has 0 saturated heterocycles. The van der Waals surface area contributed by atoms with E-state index < -0.39 is 0 Å². The van der Waals surface area contributed by atoms with E-state index in [-0.39, 0.29) is 0 Å². The van der Waals surface area contributed by atoms with Gasteiger partial charge in [0.1, 0.15) is 0 Å². The van der Waals surface area contributed by atoms with Gasteiger partial charge in [-0.1, -0.05) is 25.5 Å². The number of halogens is 1. The summed E-state index contributed by atoms with van der Waals surface area (Å²) in [4.78, 5) is 0. The fraction of sp³-hybridized carbons (Fsp3) is 0.333. The van der Waals surface area contributed by atoms with E-state index in [0.717, 1.165) is 6.54 Å². The summed E-state index contributed by atoms with van der Waals surface area (Å²) >= 11 is 5.21. The van der Waals surface area contributed by atoms with Crippen molar-refractivity contribution in [2.75, 3.05) is 5.32 Å². The van der Waals surface area contributed by atoms with Crippen molar-refractivity contribution in [2.24, 2.45) is 0 Å². The van der Waals surface area contributed by atoms with E-state index in [9.17, 15) is 0 Å². The lowest BCUT2D eigenvalue weighted by Gasteiger charge is -2.06. The minimum atomic E-state index is 0.885. The number of nitrogens with one attached hydrogen (secondary N) is 1. The Kier molecular flexibility index (Phi) is 5.26. The Labute approximate surface area is 121 Å². The Balaban J connectivity index is 1.86. The lowest BCUT2D eigenvalue weighted by atomic mass is 10.1. The molecule has 0 saturated carbocycles. The monoisotopic (exact) mass is 323 g/mol. The molecule has 3 heteroatoms. The van der Waals surface area contributed by atoms with Crippen molar-refractivity contribution >= 4 is 33.0 Å². The van der Waals surface area contributed by atoms with Crippen molar-refractivity contribution in [3.63, 3.8) is 0 Å². The Morgan fingerprint density at radius 1 is 1.17 bits per heavy atom. The normalized spacial score (nSPS) is 10.6. The van der Waals surface area contributed by atoms with Crippen molar-refractivity contribution in [1.29, 1.82) is 0 Å². The number of rotatable bonds is 6. The molecule has 1 aromatic carbocycles. The maximum absolute atomic E-state index is 3.48. The van der Waals surface area contributed by atoms with Crippen LogP contribution in [-0.4, -0.2) is 0 Å². The molecule has 0 aliphatic carbocycles. The first kappa shape index (κ1) is 13.6. The van der Waals surface area contributed by atoms with Crippen LogP contribution in [0.2, 0.25) is 0 Å². The molecule has 2 aromatic rings. The molecular formula is C15H18BrNS. The number of thiophene rings is 1. The molecule has 0 unspecified atom stereocenters. The molecule has 0 radical (unpaired) electrons. The van der Waals surface area contributed by atoms with E-state index in [1.54, 1.807) is 11.3 Å². The average Bonchev–Trinajstić information content (AvgIpc) is 2.81. The number of anilines is 1. The van der Waals surface area contributed by atoms with Crippen LogP contribution in [0.5, 0.6) is 0 Å². The average molecular weight is 324 g/mol. The number of hydrogen-bond acceptors (Lipinski definition) is 2.